The maximum absolute atomic E-state index is 5.97. The highest BCUT2D eigenvalue weighted by Gasteiger charge is 2.14. The van der Waals surface area contributed by atoms with Gasteiger partial charge in [0.05, 0.1) is 20.8 Å². The first-order chi connectivity index (χ1) is 11.6. The Labute approximate surface area is 145 Å². The van der Waals surface area contributed by atoms with Gasteiger partial charge in [0, 0.05) is 13.1 Å². The van der Waals surface area contributed by atoms with Gasteiger partial charge in [-0.1, -0.05) is 13.0 Å². The minimum atomic E-state index is 0.484. The van der Waals surface area contributed by atoms with Crippen molar-refractivity contribution in [2.75, 3.05) is 40.4 Å². The van der Waals surface area contributed by atoms with Gasteiger partial charge in [-0.15, -0.1) is 0 Å². The van der Waals surface area contributed by atoms with Crippen LogP contribution in [0.25, 0.3) is 0 Å². The number of benzene rings is 1. The van der Waals surface area contributed by atoms with Crippen LogP contribution < -0.4 is 20.5 Å². The maximum Gasteiger partial charge on any atom is 0.188 e. The number of likely N-dealkylation sites (tertiary alicyclic amines) is 1. The largest absolute Gasteiger partial charge is 0.493 e. The summed E-state index contributed by atoms with van der Waals surface area (Å²) < 4.78 is 10.5. The van der Waals surface area contributed by atoms with E-state index in [4.69, 9.17) is 15.2 Å². The molecule has 1 unspecified atom stereocenters. The summed E-state index contributed by atoms with van der Waals surface area (Å²) in [7, 11) is 3.25. The molecule has 134 valence electrons. The molecule has 0 spiro atoms. The fourth-order valence-electron chi connectivity index (χ4n) is 2.96. The zero-order chi connectivity index (χ0) is 17.4. The van der Waals surface area contributed by atoms with Gasteiger partial charge < -0.3 is 25.4 Å². The molecule has 1 fully saturated rings. The van der Waals surface area contributed by atoms with E-state index < -0.39 is 0 Å². The quantitative estimate of drug-likeness (QED) is 0.561. The predicted octanol–water partition coefficient (Wildman–Crippen LogP) is 1.84. The monoisotopic (exact) mass is 334 g/mol. The first-order valence-electron chi connectivity index (χ1n) is 8.59. The Morgan fingerprint density at radius 2 is 1.96 bits per heavy atom. The average Bonchev–Trinajstić information content (AvgIpc) is 3.10. The maximum atomic E-state index is 5.97. The van der Waals surface area contributed by atoms with Gasteiger partial charge in [0.15, 0.2) is 17.5 Å². The summed E-state index contributed by atoms with van der Waals surface area (Å²) in [6.07, 6.45) is 2.66. The Bertz CT molecular complexity index is 542. The summed E-state index contributed by atoms with van der Waals surface area (Å²) in [4.78, 5) is 6.92. The van der Waals surface area contributed by atoms with Gasteiger partial charge in [-0.05, 0) is 49.5 Å². The molecule has 1 aromatic carbocycles. The first kappa shape index (κ1) is 18.4. The Morgan fingerprint density at radius 3 is 2.62 bits per heavy atom. The van der Waals surface area contributed by atoms with Crippen molar-refractivity contribution >= 4 is 5.96 Å². The second kappa shape index (κ2) is 9.37. The van der Waals surface area contributed by atoms with Crippen LogP contribution in [0.2, 0.25) is 0 Å². The second-order valence-corrected chi connectivity index (χ2v) is 6.38. The zero-order valence-corrected chi connectivity index (χ0v) is 15.0. The summed E-state index contributed by atoms with van der Waals surface area (Å²) in [6.45, 7) is 7.18. The van der Waals surface area contributed by atoms with Crippen LogP contribution in [0.5, 0.6) is 11.5 Å². The Hall–Kier alpha value is -1.95. The van der Waals surface area contributed by atoms with Crippen molar-refractivity contribution < 1.29 is 9.47 Å². The number of rotatable bonds is 8. The van der Waals surface area contributed by atoms with Crippen LogP contribution in [-0.4, -0.2) is 51.3 Å². The van der Waals surface area contributed by atoms with E-state index >= 15 is 0 Å². The van der Waals surface area contributed by atoms with Crippen molar-refractivity contribution in [2.24, 2.45) is 16.6 Å². The van der Waals surface area contributed by atoms with Gasteiger partial charge in [-0.2, -0.15) is 0 Å². The summed E-state index contributed by atoms with van der Waals surface area (Å²) in [5, 5.41) is 3.22. The molecule has 1 heterocycles. The Morgan fingerprint density at radius 1 is 1.25 bits per heavy atom. The summed E-state index contributed by atoms with van der Waals surface area (Å²) in [5.41, 5.74) is 7.00. The lowest BCUT2D eigenvalue weighted by atomic mass is 10.1. The second-order valence-electron chi connectivity index (χ2n) is 6.38. The molecule has 6 heteroatoms. The van der Waals surface area contributed by atoms with E-state index in [1.54, 1.807) is 14.2 Å². The molecule has 1 aliphatic heterocycles. The number of nitrogens with one attached hydrogen (secondary N) is 1. The molecule has 1 saturated heterocycles. The predicted molar refractivity (Wildman–Crippen MR) is 97.7 cm³/mol. The number of methoxy groups -OCH3 is 2. The molecule has 0 radical (unpaired) electrons. The van der Waals surface area contributed by atoms with Crippen LogP contribution in [-0.2, 0) is 6.54 Å². The van der Waals surface area contributed by atoms with Gasteiger partial charge in [0.25, 0.3) is 0 Å². The lowest BCUT2D eigenvalue weighted by molar-refractivity contribution is 0.288. The lowest BCUT2D eigenvalue weighted by Crippen LogP contribution is -2.38. The minimum absolute atomic E-state index is 0.484. The molecule has 0 saturated carbocycles. The molecule has 24 heavy (non-hydrogen) atoms. The fraction of sp³-hybridized carbons (Fsp3) is 0.611. The van der Waals surface area contributed by atoms with Gasteiger partial charge in [-0.3, -0.25) is 0 Å². The van der Waals surface area contributed by atoms with Crippen molar-refractivity contribution in [3.63, 3.8) is 0 Å². The number of hydrogen-bond acceptors (Lipinski definition) is 4. The number of guanidine groups is 1. The smallest absolute Gasteiger partial charge is 0.188 e. The molecule has 0 aliphatic carbocycles. The molecular formula is C18H30N4O2. The van der Waals surface area contributed by atoms with Crippen molar-refractivity contribution in [2.45, 2.75) is 26.3 Å². The third-order valence-electron chi connectivity index (χ3n) is 4.28. The lowest BCUT2D eigenvalue weighted by Gasteiger charge is -2.20. The highest BCUT2D eigenvalue weighted by atomic mass is 16.5. The molecule has 6 nitrogen and oxygen atoms in total. The molecule has 1 aromatic rings. The fourth-order valence-corrected chi connectivity index (χ4v) is 2.96. The topological polar surface area (TPSA) is 72.1 Å². The van der Waals surface area contributed by atoms with Gasteiger partial charge in [0.2, 0.25) is 0 Å². The van der Waals surface area contributed by atoms with Gasteiger partial charge in [-0.25, -0.2) is 4.99 Å². The van der Waals surface area contributed by atoms with Gasteiger partial charge in [0.1, 0.15) is 0 Å². The summed E-state index contributed by atoms with van der Waals surface area (Å²) in [5.74, 6) is 2.46. The summed E-state index contributed by atoms with van der Waals surface area (Å²) in [6, 6.07) is 5.77. The average molecular weight is 334 g/mol. The van der Waals surface area contributed by atoms with Crippen LogP contribution in [0.15, 0.2) is 23.2 Å². The van der Waals surface area contributed by atoms with Crippen LogP contribution in [0.1, 0.15) is 25.3 Å². The first-order valence-corrected chi connectivity index (χ1v) is 8.59. The number of ether oxygens (including phenoxy) is 2. The van der Waals surface area contributed by atoms with Crippen molar-refractivity contribution in [3.8, 4) is 11.5 Å². The zero-order valence-electron chi connectivity index (χ0n) is 15.0. The molecule has 0 bridgehead atoms. The molecule has 0 amide bonds. The number of aliphatic imine (C=N–C) groups is 1. The molecule has 2 rings (SSSR count). The van der Waals surface area contributed by atoms with E-state index in [1.807, 2.05) is 18.2 Å². The highest BCUT2D eigenvalue weighted by molar-refractivity contribution is 5.77. The minimum Gasteiger partial charge on any atom is -0.493 e. The van der Waals surface area contributed by atoms with E-state index in [-0.39, 0.29) is 0 Å². The Kier molecular flexibility index (Phi) is 7.18. The van der Waals surface area contributed by atoms with Gasteiger partial charge >= 0.3 is 0 Å². The van der Waals surface area contributed by atoms with E-state index in [2.05, 4.69) is 22.1 Å². The Balaban J connectivity index is 1.78. The van der Waals surface area contributed by atoms with Crippen LogP contribution in [0.4, 0.5) is 0 Å². The number of nitrogens with two attached hydrogens (primary N) is 1. The van der Waals surface area contributed by atoms with E-state index in [0.29, 0.717) is 29.9 Å². The molecule has 0 aromatic heterocycles. The third-order valence-corrected chi connectivity index (χ3v) is 4.28. The van der Waals surface area contributed by atoms with E-state index in [0.717, 1.165) is 18.7 Å². The van der Waals surface area contributed by atoms with Crippen LogP contribution in [0, 0.1) is 5.92 Å². The molecular weight excluding hydrogens is 304 g/mol. The molecule has 1 atom stereocenters. The van der Waals surface area contributed by atoms with Crippen LogP contribution >= 0.6 is 0 Å². The standard InChI is InChI=1S/C18H30N4O2/c1-14(13-22-8-4-5-9-22)11-20-18(19)21-12-15-6-7-16(23-2)17(10-15)24-3/h6-7,10,14H,4-5,8-9,11-13H2,1-3H3,(H3,19,20,21). The molecule has 1 aliphatic rings. The van der Waals surface area contributed by atoms with E-state index in [9.17, 15) is 0 Å². The van der Waals surface area contributed by atoms with Crippen molar-refractivity contribution in [3.05, 3.63) is 23.8 Å². The highest BCUT2D eigenvalue weighted by Crippen LogP contribution is 2.27. The SMILES string of the molecule is COc1ccc(CN=C(N)NCC(C)CN2CCCC2)cc1OC. The van der Waals surface area contributed by atoms with Crippen molar-refractivity contribution in [1.82, 2.24) is 10.2 Å². The van der Waals surface area contributed by atoms with E-state index in [1.165, 1.54) is 25.9 Å². The third kappa shape index (κ3) is 5.60. The van der Waals surface area contributed by atoms with Crippen LogP contribution in [0.3, 0.4) is 0 Å². The normalized spacial score (nSPS) is 16.9. The number of hydrogen-bond donors (Lipinski definition) is 2. The number of nitrogens with zero attached hydrogens (tertiary/aromatic N) is 2. The molecule has 3 N–H and O–H groups in total. The summed E-state index contributed by atoms with van der Waals surface area (Å²) >= 11 is 0. The van der Waals surface area contributed by atoms with Crippen molar-refractivity contribution in [1.29, 1.82) is 0 Å².